The van der Waals surface area contributed by atoms with Crippen molar-refractivity contribution in [3.05, 3.63) is 29.3 Å². The van der Waals surface area contributed by atoms with Gasteiger partial charge in [0.15, 0.2) is 0 Å². The van der Waals surface area contributed by atoms with Crippen LogP contribution in [-0.2, 0) is 14.3 Å². The molecule has 5 amide bonds. The number of likely N-dealkylation sites (tertiary alicyclic amines) is 1. The van der Waals surface area contributed by atoms with Gasteiger partial charge in [-0.25, -0.2) is 4.79 Å². The maximum absolute atomic E-state index is 13.0. The molecule has 0 spiro atoms. The van der Waals surface area contributed by atoms with E-state index in [9.17, 15) is 24.0 Å². The van der Waals surface area contributed by atoms with Crippen molar-refractivity contribution in [2.45, 2.75) is 45.1 Å². The van der Waals surface area contributed by atoms with Crippen molar-refractivity contribution in [2.75, 3.05) is 26.3 Å². The molecule has 0 radical (unpaired) electrons. The SMILES string of the molecule is CCCCOC(=O)N1CC(CCOc2cccc3c2C(=O)N(C2CCC(=O)NC2=O)C3=O)C1. The Labute approximate surface area is 191 Å². The molecule has 3 aliphatic heterocycles. The van der Waals surface area contributed by atoms with Gasteiger partial charge in [-0.15, -0.1) is 0 Å². The van der Waals surface area contributed by atoms with Crippen LogP contribution in [-0.4, -0.2) is 71.9 Å². The average molecular weight is 457 g/mol. The highest BCUT2D eigenvalue weighted by atomic mass is 16.6. The Hall–Kier alpha value is -3.43. The number of nitrogens with zero attached hydrogens (tertiary/aromatic N) is 2. The van der Waals surface area contributed by atoms with Crippen LogP contribution in [0.4, 0.5) is 4.79 Å². The number of carbonyl (C=O) groups is 5. The number of hydrogen-bond acceptors (Lipinski definition) is 7. The number of amides is 5. The molecule has 0 aromatic heterocycles. The van der Waals surface area contributed by atoms with E-state index in [0.717, 1.165) is 17.7 Å². The maximum Gasteiger partial charge on any atom is 0.409 e. The quantitative estimate of drug-likeness (QED) is 0.466. The van der Waals surface area contributed by atoms with Crippen molar-refractivity contribution >= 4 is 29.7 Å². The molecule has 4 rings (SSSR count). The second kappa shape index (κ2) is 9.60. The van der Waals surface area contributed by atoms with Crippen molar-refractivity contribution < 1.29 is 33.4 Å². The number of rotatable bonds is 8. The second-order valence-corrected chi connectivity index (χ2v) is 8.50. The molecule has 0 bridgehead atoms. The van der Waals surface area contributed by atoms with Crippen LogP contribution >= 0.6 is 0 Å². The predicted octanol–water partition coefficient (Wildman–Crippen LogP) is 1.73. The topological polar surface area (TPSA) is 122 Å². The minimum atomic E-state index is -1.01. The molecule has 2 fully saturated rings. The Kier molecular flexibility index (Phi) is 6.62. The molecule has 176 valence electrons. The first kappa shape index (κ1) is 22.8. The summed E-state index contributed by atoms with van der Waals surface area (Å²) in [4.78, 5) is 64.0. The summed E-state index contributed by atoms with van der Waals surface area (Å²) in [5.41, 5.74) is 0.328. The molecule has 0 saturated carbocycles. The molecular weight excluding hydrogens is 430 g/mol. The van der Waals surface area contributed by atoms with E-state index in [1.807, 2.05) is 6.92 Å². The average Bonchev–Trinajstić information content (AvgIpc) is 3.01. The highest BCUT2D eigenvalue weighted by Crippen LogP contribution is 2.34. The lowest BCUT2D eigenvalue weighted by Gasteiger charge is -2.38. The van der Waals surface area contributed by atoms with Gasteiger partial charge in [-0.3, -0.25) is 29.4 Å². The Balaban J connectivity index is 1.32. The van der Waals surface area contributed by atoms with E-state index >= 15 is 0 Å². The van der Waals surface area contributed by atoms with E-state index in [-0.39, 0.29) is 41.7 Å². The minimum Gasteiger partial charge on any atom is -0.493 e. The Bertz CT molecular complexity index is 986. The molecule has 1 atom stereocenters. The summed E-state index contributed by atoms with van der Waals surface area (Å²) in [5.74, 6) is -1.66. The van der Waals surface area contributed by atoms with Gasteiger partial charge in [0.05, 0.1) is 24.3 Å². The van der Waals surface area contributed by atoms with Crippen molar-refractivity contribution in [2.24, 2.45) is 5.92 Å². The van der Waals surface area contributed by atoms with Gasteiger partial charge in [0.2, 0.25) is 11.8 Å². The summed E-state index contributed by atoms with van der Waals surface area (Å²) >= 11 is 0. The molecule has 10 nitrogen and oxygen atoms in total. The molecular formula is C23H27N3O7. The van der Waals surface area contributed by atoms with Gasteiger partial charge in [0, 0.05) is 19.5 Å². The Morgan fingerprint density at radius 2 is 1.91 bits per heavy atom. The summed E-state index contributed by atoms with van der Waals surface area (Å²) in [6, 6.07) is 3.77. The molecule has 1 N–H and O–H groups in total. The molecule has 3 aliphatic rings. The minimum absolute atomic E-state index is 0.0672. The van der Waals surface area contributed by atoms with Crippen LogP contribution in [0.3, 0.4) is 0 Å². The first-order chi connectivity index (χ1) is 15.9. The van der Waals surface area contributed by atoms with Crippen molar-refractivity contribution in [3.63, 3.8) is 0 Å². The molecule has 33 heavy (non-hydrogen) atoms. The molecule has 1 aromatic rings. The maximum atomic E-state index is 13.0. The summed E-state index contributed by atoms with van der Waals surface area (Å²) < 4.78 is 11.0. The fourth-order valence-electron chi connectivity index (χ4n) is 4.24. The molecule has 2 saturated heterocycles. The standard InChI is InChI=1S/C23H27N3O7/c1-2-3-10-33-23(31)25-12-14(13-25)9-11-32-17-6-4-5-15-19(17)22(30)26(21(15)29)16-7-8-18(27)24-20(16)28/h4-6,14,16H,2-3,7-13H2,1H3,(H,24,27,28). The number of hydrogen-bond donors (Lipinski definition) is 1. The van der Waals surface area contributed by atoms with E-state index in [1.165, 1.54) is 6.07 Å². The predicted molar refractivity (Wildman–Crippen MR) is 115 cm³/mol. The summed E-state index contributed by atoms with van der Waals surface area (Å²) in [6.07, 6.45) is 2.37. The van der Waals surface area contributed by atoms with Gasteiger partial charge >= 0.3 is 6.09 Å². The number of fused-ring (bicyclic) bond motifs is 1. The zero-order valence-electron chi connectivity index (χ0n) is 18.5. The zero-order valence-corrected chi connectivity index (χ0v) is 18.5. The van der Waals surface area contributed by atoms with Gasteiger partial charge in [-0.1, -0.05) is 19.4 Å². The van der Waals surface area contributed by atoms with Crippen LogP contribution in [0, 0.1) is 5.92 Å². The Morgan fingerprint density at radius 1 is 1.12 bits per heavy atom. The van der Waals surface area contributed by atoms with E-state index in [2.05, 4.69) is 5.32 Å². The number of imide groups is 2. The molecule has 10 heteroatoms. The van der Waals surface area contributed by atoms with Gasteiger partial charge < -0.3 is 14.4 Å². The first-order valence-electron chi connectivity index (χ1n) is 11.3. The summed E-state index contributed by atoms with van der Waals surface area (Å²) in [7, 11) is 0. The van der Waals surface area contributed by atoms with E-state index in [4.69, 9.17) is 9.47 Å². The van der Waals surface area contributed by atoms with Crippen LogP contribution in [0.2, 0.25) is 0 Å². The molecule has 0 aliphatic carbocycles. The van der Waals surface area contributed by atoms with Crippen molar-refractivity contribution in [3.8, 4) is 5.75 Å². The number of unbranched alkanes of at least 4 members (excludes halogenated alkanes) is 1. The lowest BCUT2D eigenvalue weighted by Crippen LogP contribution is -2.54. The largest absolute Gasteiger partial charge is 0.493 e. The third kappa shape index (κ3) is 4.55. The van der Waals surface area contributed by atoms with E-state index in [1.54, 1.807) is 17.0 Å². The van der Waals surface area contributed by atoms with Crippen LogP contribution < -0.4 is 10.1 Å². The fraction of sp³-hybridized carbons (Fsp3) is 0.522. The van der Waals surface area contributed by atoms with Gasteiger partial charge in [-0.2, -0.15) is 0 Å². The third-order valence-electron chi connectivity index (χ3n) is 6.15. The first-order valence-corrected chi connectivity index (χ1v) is 11.3. The number of carbonyl (C=O) groups excluding carboxylic acids is 5. The lowest BCUT2D eigenvalue weighted by molar-refractivity contribution is -0.136. The van der Waals surface area contributed by atoms with Crippen molar-refractivity contribution in [1.82, 2.24) is 15.1 Å². The van der Waals surface area contributed by atoms with Crippen LogP contribution in [0.25, 0.3) is 0 Å². The van der Waals surface area contributed by atoms with Crippen LogP contribution in [0.15, 0.2) is 18.2 Å². The third-order valence-corrected chi connectivity index (χ3v) is 6.15. The highest BCUT2D eigenvalue weighted by molar-refractivity contribution is 6.24. The molecule has 3 heterocycles. The number of benzene rings is 1. The van der Waals surface area contributed by atoms with E-state index in [0.29, 0.717) is 32.7 Å². The van der Waals surface area contributed by atoms with Gasteiger partial charge in [-0.05, 0) is 37.3 Å². The van der Waals surface area contributed by atoms with Crippen molar-refractivity contribution in [1.29, 1.82) is 0 Å². The number of ether oxygens (including phenoxy) is 2. The Morgan fingerprint density at radius 3 is 2.64 bits per heavy atom. The second-order valence-electron chi connectivity index (χ2n) is 8.50. The normalized spacial score (nSPS) is 20.5. The fourth-order valence-corrected chi connectivity index (χ4v) is 4.24. The highest BCUT2D eigenvalue weighted by Gasteiger charge is 2.46. The zero-order chi connectivity index (χ0) is 23.5. The lowest BCUT2D eigenvalue weighted by atomic mass is 9.97. The van der Waals surface area contributed by atoms with E-state index < -0.39 is 29.7 Å². The van der Waals surface area contributed by atoms with Gasteiger partial charge in [0.25, 0.3) is 11.8 Å². The number of nitrogens with one attached hydrogen (secondary N) is 1. The number of piperidine rings is 1. The smallest absolute Gasteiger partial charge is 0.409 e. The molecule has 1 unspecified atom stereocenters. The summed E-state index contributed by atoms with van der Waals surface area (Å²) in [6.45, 7) is 3.98. The molecule has 1 aromatic carbocycles. The van der Waals surface area contributed by atoms with Crippen LogP contribution in [0.5, 0.6) is 5.75 Å². The monoisotopic (exact) mass is 457 g/mol. The van der Waals surface area contributed by atoms with Crippen LogP contribution in [0.1, 0.15) is 59.7 Å². The summed E-state index contributed by atoms with van der Waals surface area (Å²) in [5, 5.41) is 2.18. The van der Waals surface area contributed by atoms with Gasteiger partial charge in [0.1, 0.15) is 11.8 Å².